The van der Waals surface area contributed by atoms with Crippen molar-refractivity contribution in [2.75, 3.05) is 26.3 Å². The van der Waals surface area contributed by atoms with Crippen molar-refractivity contribution in [2.45, 2.75) is 46.5 Å². The number of halogens is 2. The van der Waals surface area contributed by atoms with Gasteiger partial charge in [0, 0.05) is 29.2 Å². The number of fused-ring (bicyclic) bond motifs is 1. The zero-order valence-corrected chi connectivity index (χ0v) is 24.8. The lowest BCUT2D eigenvalue weighted by atomic mass is 9.90. The van der Waals surface area contributed by atoms with E-state index in [4.69, 9.17) is 0 Å². The first-order valence-corrected chi connectivity index (χ1v) is 15.1. The molecular formula is C36H39F2NS. The van der Waals surface area contributed by atoms with E-state index in [1.165, 1.54) is 37.2 Å². The molecule has 5 rings (SSSR count). The van der Waals surface area contributed by atoms with Crippen LogP contribution in [0.25, 0.3) is 21.2 Å². The third-order valence-corrected chi connectivity index (χ3v) is 9.52. The van der Waals surface area contributed by atoms with E-state index in [0.29, 0.717) is 12.3 Å². The molecule has 0 bridgehead atoms. The Morgan fingerprint density at radius 3 is 2.30 bits per heavy atom. The molecule has 0 atom stereocenters. The number of thiophene rings is 1. The van der Waals surface area contributed by atoms with Crippen LogP contribution in [0, 0.1) is 25.6 Å². The van der Waals surface area contributed by atoms with Crippen LogP contribution in [-0.2, 0) is 12.8 Å². The fourth-order valence-corrected chi connectivity index (χ4v) is 7.33. The van der Waals surface area contributed by atoms with Crippen molar-refractivity contribution in [3.8, 4) is 0 Å². The summed E-state index contributed by atoms with van der Waals surface area (Å²) in [5.41, 5.74) is 10.0. The second kappa shape index (κ2) is 12.2. The lowest BCUT2D eigenvalue weighted by Crippen LogP contribution is -2.47. The van der Waals surface area contributed by atoms with Gasteiger partial charge in [0.05, 0.1) is 6.67 Å². The predicted molar refractivity (Wildman–Crippen MR) is 169 cm³/mol. The number of likely N-dealkylation sites (tertiary alicyclic amines) is 1. The second-order valence-corrected chi connectivity index (χ2v) is 12.4. The minimum absolute atomic E-state index is 0.208. The van der Waals surface area contributed by atoms with Crippen molar-refractivity contribution in [3.05, 3.63) is 117 Å². The van der Waals surface area contributed by atoms with E-state index in [1.54, 1.807) is 23.5 Å². The Morgan fingerprint density at radius 1 is 0.975 bits per heavy atom. The molecule has 1 aliphatic heterocycles. The third-order valence-electron chi connectivity index (χ3n) is 8.27. The Bertz CT molecular complexity index is 1520. The van der Waals surface area contributed by atoms with Crippen molar-refractivity contribution in [3.63, 3.8) is 0 Å². The summed E-state index contributed by atoms with van der Waals surface area (Å²) in [5, 5.41) is 1.25. The van der Waals surface area contributed by atoms with Crippen LogP contribution in [0.15, 0.2) is 67.8 Å². The Morgan fingerprint density at radius 2 is 1.65 bits per heavy atom. The average molecular weight is 556 g/mol. The van der Waals surface area contributed by atoms with Crippen LogP contribution in [0.5, 0.6) is 0 Å². The van der Waals surface area contributed by atoms with E-state index in [9.17, 15) is 8.78 Å². The monoisotopic (exact) mass is 555 g/mol. The number of allylic oxidation sites excluding steroid dienone is 1. The predicted octanol–water partition coefficient (Wildman–Crippen LogP) is 9.57. The Hall–Kier alpha value is -3.08. The molecule has 0 spiro atoms. The molecule has 0 radical (unpaired) electrons. The molecule has 3 aromatic carbocycles. The summed E-state index contributed by atoms with van der Waals surface area (Å²) in [6.45, 7) is 17.7. The van der Waals surface area contributed by atoms with E-state index < -0.39 is 0 Å². The van der Waals surface area contributed by atoms with E-state index in [0.717, 1.165) is 66.7 Å². The van der Waals surface area contributed by atoms with E-state index in [2.05, 4.69) is 67.4 Å². The van der Waals surface area contributed by atoms with Crippen LogP contribution in [0.2, 0.25) is 0 Å². The maximum Gasteiger partial charge on any atom is 0.123 e. The van der Waals surface area contributed by atoms with Crippen LogP contribution < -0.4 is 0 Å². The number of alkyl halides is 1. The standard InChI is InChI=1S/C36H39F2NS/c1-6-23(2)30-12-13-32-33(19-28-10-8-27(9-11-28)18-29-21-39(22-29)15-7-14-37)36(40-34(32)20-30)26(5)35-24(3)16-31(38)17-25(35)4/h8-13,16-17,20,29H,2,5-7,14-15,18-19,21-22H2,1,3-4H3. The first-order valence-electron chi connectivity index (χ1n) is 14.3. The summed E-state index contributed by atoms with van der Waals surface area (Å²) in [7, 11) is 0. The lowest BCUT2D eigenvalue weighted by Gasteiger charge is -2.39. The highest BCUT2D eigenvalue weighted by atomic mass is 32.1. The molecule has 1 aliphatic rings. The van der Waals surface area contributed by atoms with Gasteiger partial charge < -0.3 is 4.90 Å². The van der Waals surface area contributed by atoms with Gasteiger partial charge in [-0.25, -0.2) is 4.39 Å². The fraction of sp³-hybridized carbons (Fsp3) is 0.333. The highest BCUT2D eigenvalue weighted by molar-refractivity contribution is 7.20. The molecular weight excluding hydrogens is 516 g/mol. The minimum Gasteiger partial charge on any atom is -0.303 e. The van der Waals surface area contributed by atoms with Crippen LogP contribution in [0.1, 0.15) is 63.6 Å². The Kier molecular flexibility index (Phi) is 8.68. The molecule has 1 aromatic heterocycles. The number of hydrogen-bond donors (Lipinski definition) is 0. The van der Waals surface area contributed by atoms with Gasteiger partial charge in [-0.3, -0.25) is 4.39 Å². The number of hydrogen-bond acceptors (Lipinski definition) is 2. The van der Waals surface area contributed by atoms with Crippen LogP contribution >= 0.6 is 11.3 Å². The largest absolute Gasteiger partial charge is 0.303 e. The SMILES string of the molecule is C=C(CC)c1ccc2c(Cc3ccc(CC4CN(CCCF)C4)cc3)c(C(=C)c3c(C)cc(F)cc3C)sc2c1. The molecule has 0 unspecified atom stereocenters. The normalized spacial score (nSPS) is 14.0. The molecule has 0 N–H and O–H groups in total. The highest BCUT2D eigenvalue weighted by Crippen LogP contribution is 2.41. The number of aryl methyl sites for hydroxylation is 2. The lowest BCUT2D eigenvalue weighted by molar-refractivity contribution is 0.0968. The first kappa shape index (κ1) is 28.4. The smallest absolute Gasteiger partial charge is 0.123 e. The molecule has 1 nitrogen and oxygen atoms in total. The Balaban J connectivity index is 1.44. The van der Waals surface area contributed by atoms with Crippen molar-refractivity contribution in [2.24, 2.45) is 5.92 Å². The summed E-state index contributed by atoms with van der Waals surface area (Å²) < 4.78 is 27.8. The van der Waals surface area contributed by atoms with Gasteiger partial charge in [-0.1, -0.05) is 56.5 Å². The van der Waals surface area contributed by atoms with Crippen molar-refractivity contribution in [1.82, 2.24) is 4.90 Å². The summed E-state index contributed by atoms with van der Waals surface area (Å²) in [6.07, 6.45) is 3.44. The zero-order valence-electron chi connectivity index (χ0n) is 24.0. The molecule has 208 valence electrons. The summed E-state index contributed by atoms with van der Waals surface area (Å²) in [5.74, 6) is 0.454. The van der Waals surface area contributed by atoms with Gasteiger partial charge in [-0.05, 0) is 119 Å². The van der Waals surface area contributed by atoms with Gasteiger partial charge in [0.15, 0.2) is 0 Å². The van der Waals surface area contributed by atoms with Gasteiger partial charge in [-0.2, -0.15) is 0 Å². The molecule has 1 saturated heterocycles. The zero-order chi connectivity index (χ0) is 28.4. The molecule has 4 aromatic rings. The Labute approximate surface area is 241 Å². The van der Waals surface area contributed by atoms with Crippen molar-refractivity contribution < 1.29 is 8.78 Å². The quantitative estimate of drug-likeness (QED) is 0.178. The van der Waals surface area contributed by atoms with Crippen molar-refractivity contribution >= 4 is 32.6 Å². The van der Waals surface area contributed by atoms with E-state index in [1.807, 2.05) is 13.8 Å². The average Bonchev–Trinajstić information content (AvgIpc) is 3.27. The van der Waals surface area contributed by atoms with Crippen molar-refractivity contribution in [1.29, 1.82) is 0 Å². The molecule has 40 heavy (non-hydrogen) atoms. The fourth-order valence-electron chi connectivity index (χ4n) is 6.10. The topological polar surface area (TPSA) is 3.24 Å². The molecule has 4 heteroatoms. The van der Waals surface area contributed by atoms with Gasteiger partial charge in [0.1, 0.15) is 5.82 Å². The third kappa shape index (κ3) is 5.99. The van der Waals surface area contributed by atoms with E-state index in [-0.39, 0.29) is 12.5 Å². The molecule has 0 aliphatic carbocycles. The second-order valence-electron chi connectivity index (χ2n) is 11.3. The molecule has 2 heterocycles. The van der Waals surface area contributed by atoms with Gasteiger partial charge in [0.2, 0.25) is 0 Å². The summed E-state index contributed by atoms with van der Waals surface area (Å²) >= 11 is 1.78. The number of rotatable bonds is 11. The highest BCUT2D eigenvalue weighted by Gasteiger charge is 2.26. The maximum atomic E-state index is 14.1. The summed E-state index contributed by atoms with van der Waals surface area (Å²) in [6, 6.07) is 18.9. The maximum absolute atomic E-state index is 14.1. The summed E-state index contributed by atoms with van der Waals surface area (Å²) in [4.78, 5) is 3.51. The number of benzene rings is 3. The minimum atomic E-state index is -0.227. The van der Waals surface area contributed by atoms with E-state index >= 15 is 0 Å². The van der Waals surface area contributed by atoms with Gasteiger partial charge >= 0.3 is 0 Å². The molecule has 0 amide bonds. The van der Waals surface area contributed by atoms with Crippen LogP contribution in [0.4, 0.5) is 8.78 Å². The van der Waals surface area contributed by atoms with Crippen LogP contribution in [-0.4, -0.2) is 31.2 Å². The number of nitrogens with zero attached hydrogens (tertiary/aromatic N) is 1. The van der Waals surface area contributed by atoms with Crippen LogP contribution in [0.3, 0.4) is 0 Å². The molecule has 1 fully saturated rings. The van der Waals surface area contributed by atoms with Gasteiger partial charge in [0.25, 0.3) is 0 Å². The first-order chi connectivity index (χ1) is 19.3. The molecule has 0 saturated carbocycles. The van der Waals surface area contributed by atoms with Gasteiger partial charge in [-0.15, -0.1) is 11.3 Å².